The van der Waals surface area contributed by atoms with Gasteiger partial charge in [0.05, 0.1) is 5.39 Å². The van der Waals surface area contributed by atoms with Crippen LogP contribution in [0.2, 0.25) is 0 Å². The summed E-state index contributed by atoms with van der Waals surface area (Å²) in [5, 5.41) is 47.8. The van der Waals surface area contributed by atoms with Crippen molar-refractivity contribution in [3.63, 3.8) is 0 Å². The van der Waals surface area contributed by atoms with E-state index in [1.165, 1.54) is 39.0 Å². The molecule has 1 aliphatic heterocycles. The molecule has 2 fully saturated rings. The third-order valence-electron chi connectivity index (χ3n) is 9.54. The normalized spacial score (nSPS) is 16.7. The SMILES string of the molecule is CC(C)N1CCN(C2CCC(n3cc(-c4ccc(Oc5ccccc5)cc4)c4c(N)ncnc43)CC2)CC1.O=C(O)C=CC(=O)O.O=C(O)C=CC(=O)O.O=C(O)C=CC(=O)O. The Morgan fingerprint density at radius 1 is 0.629 bits per heavy atom. The van der Waals surface area contributed by atoms with Gasteiger partial charge in [0, 0.05) is 92.5 Å². The topological polar surface area (TPSA) is 296 Å². The van der Waals surface area contributed by atoms with E-state index in [1.807, 2.05) is 42.5 Å². The number of rotatable bonds is 12. The average Bonchev–Trinajstić information content (AvgIpc) is 3.64. The number of carboxylic acid groups (broad SMARTS) is 6. The summed E-state index contributed by atoms with van der Waals surface area (Å²) in [5.41, 5.74) is 9.53. The third-order valence-corrected chi connectivity index (χ3v) is 9.54. The number of benzene rings is 2. The minimum Gasteiger partial charge on any atom is -0.478 e. The maximum Gasteiger partial charge on any atom is 0.328 e. The molecule has 4 aromatic rings. The van der Waals surface area contributed by atoms with Crippen LogP contribution < -0.4 is 10.5 Å². The first-order valence-electron chi connectivity index (χ1n) is 19.3. The Balaban J connectivity index is 0.000000349. The van der Waals surface area contributed by atoms with Gasteiger partial charge in [-0.15, -0.1) is 0 Å². The van der Waals surface area contributed by atoms with Gasteiger partial charge in [0.1, 0.15) is 29.3 Å². The molecule has 0 radical (unpaired) electrons. The predicted molar refractivity (Wildman–Crippen MR) is 227 cm³/mol. The van der Waals surface area contributed by atoms with Gasteiger partial charge in [-0.25, -0.2) is 38.7 Å². The molecule has 19 nitrogen and oxygen atoms in total. The Morgan fingerprint density at radius 2 is 1.06 bits per heavy atom. The molecule has 2 aromatic heterocycles. The summed E-state index contributed by atoms with van der Waals surface area (Å²) in [6.07, 6.45) is 12.0. The molecule has 6 rings (SSSR count). The second-order valence-electron chi connectivity index (χ2n) is 14.0. The Morgan fingerprint density at radius 3 is 1.50 bits per heavy atom. The number of para-hydroxylation sites is 1. The fourth-order valence-corrected chi connectivity index (χ4v) is 6.68. The number of nitrogens with zero attached hydrogens (tertiary/aromatic N) is 5. The van der Waals surface area contributed by atoms with Crippen LogP contribution in [0, 0.1) is 0 Å². The number of hydrogen-bond acceptors (Lipinski definition) is 12. The van der Waals surface area contributed by atoms with Crippen LogP contribution in [0.5, 0.6) is 11.5 Å². The van der Waals surface area contributed by atoms with E-state index < -0.39 is 35.8 Å². The smallest absolute Gasteiger partial charge is 0.328 e. The summed E-state index contributed by atoms with van der Waals surface area (Å²) >= 11 is 0. The summed E-state index contributed by atoms with van der Waals surface area (Å²) in [7, 11) is 0. The van der Waals surface area contributed by atoms with Crippen molar-refractivity contribution in [3.8, 4) is 22.6 Å². The monoisotopic (exact) mass is 858 g/mol. The summed E-state index contributed by atoms with van der Waals surface area (Å²) in [6, 6.07) is 19.8. The van der Waals surface area contributed by atoms with E-state index in [1.54, 1.807) is 6.33 Å². The minimum atomic E-state index is -1.26. The van der Waals surface area contributed by atoms with Gasteiger partial charge in [-0.2, -0.15) is 0 Å². The molecule has 0 bridgehead atoms. The first kappa shape index (κ1) is 49.0. The van der Waals surface area contributed by atoms with Crippen LogP contribution in [0.1, 0.15) is 45.6 Å². The van der Waals surface area contributed by atoms with Gasteiger partial charge >= 0.3 is 35.8 Å². The fraction of sp³-hybridized carbons (Fsp3) is 0.302. The van der Waals surface area contributed by atoms with E-state index in [9.17, 15) is 28.8 Å². The summed E-state index contributed by atoms with van der Waals surface area (Å²) < 4.78 is 8.36. The van der Waals surface area contributed by atoms with Crippen molar-refractivity contribution in [3.05, 3.63) is 104 Å². The van der Waals surface area contributed by atoms with Gasteiger partial charge in [0.15, 0.2) is 0 Å². The molecule has 3 heterocycles. The van der Waals surface area contributed by atoms with Gasteiger partial charge in [0.2, 0.25) is 0 Å². The van der Waals surface area contributed by atoms with Crippen molar-refractivity contribution in [2.75, 3.05) is 31.9 Å². The number of piperazine rings is 1. The Hall–Kier alpha value is -7.38. The lowest BCUT2D eigenvalue weighted by Crippen LogP contribution is -2.52. The van der Waals surface area contributed by atoms with E-state index in [0.717, 1.165) is 46.5 Å². The van der Waals surface area contributed by atoms with Gasteiger partial charge < -0.3 is 45.7 Å². The van der Waals surface area contributed by atoms with E-state index >= 15 is 0 Å². The molecule has 0 unspecified atom stereocenters. The largest absolute Gasteiger partial charge is 0.478 e. The molecule has 1 saturated carbocycles. The standard InChI is InChI=1S/C31H38N6O.3C4H4O4/c1-22(2)35-16-18-36(19-17-35)24-10-12-25(13-11-24)37-20-28(29-30(32)33-21-34-31(29)37)23-8-14-27(15-9-23)38-26-6-4-3-5-7-26;3*5-3(6)1-2-4(7)8/h3-9,14-15,20-22,24-25H,10-13,16-19H2,1-2H3,(H2,32,33,34);3*1-2H,(H,5,6)(H,7,8). The molecule has 0 amide bonds. The van der Waals surface area contributed by atoms with Crippen LogP contribution in [-0.2, 0) is 28.8 Å². The molecule has 2 aliphatic rings. The minimum absolute atomic E-state index is 0.425. The van der Waals surface area contributed by atoms with Crippen LogP contribution in [0.4, 0.5) is 5.82 Å². The molecule has 62 heavy (non-hydrogen) atoms. The maximum atomic E-state index is 9.55. The molecule has 0 spiro atoms. The number of nitrogens with two attached hydrogens (primary N) is 1. The highest BCUT2D eigenvalue weighted by molar-refractivity contribution is 6.00. The molecule has 330 valence electrons. The summed E-state index contributed by atoms with van der Waals surface area (Å²) in [5.74, 6) is -5.38. The van der Waals surface area contributed by atoms with Crippen molar-refractivity contribution in [2.45, 2.75) is 57.7 Å². The molecule has 0 atom stereocenters. The van der Waals surface area contributed by atoms with Crippen molar-refractivity contribution in [2.24, 2.45) is 0 Å². The number of carboxylic acids is 6. The number of fused-ring (bicyclic) bond motifs is 1. The zero-order valence-corrected chi connectivity index (χ0v) is 34.1. The van der Waals surface area contributed by atoms with Crippen molar-refractivity contribution in [1.29, 1.82) is 0 Å². The first-order chi connectivity index (χ1) is 29.4. The quantitative estimate of drug-likeness (QED) is 0.0910. The number of hydrogen-bond donors (Lipinski definition) is 7. The Labute approximate surface area is 356 Å². The number of anilines is 1. The molecule has 2 aromatic carbocycles. The van der Waals surface area contributed by atoms with Crippen LogP contribution in [-0.4, -0.2) is 129 Å². The van der Waals surface area contributed by atoms with E-state index in [4.69, 9.17) is 46.1 Å². The number of aliphatic carboxylic acids is 6. The molecular weight excluding hydrogens is 809 g/mol. The zero-order valence-electron chi connectivity index (χ0n) is 34.1. The number of aromatic nitrogens is 3. The van der Waals surface area contributed by atoms with E-state index in [0.29, 0.717) is 60.4 Å². The highest BCUT2D eigenvalue weighted by atomic mass is 16.5. The average molecular weight is 859 g/mol. The van der Waals surface area contributed by atoms with Gasteiger partial charge in [-0.05, 0) is 69.4 Å². The Kier molecular flexibility index (Phi) is 19.5. The van der Waals surface area contributed by atoms with Crippen molar-refractivity contribution < 1.29 is 64.1 Å². The first-order valence-corrected chi connectivity index (χ1v) is 19.3. The second kappa shape index (κ2) is 24.6. The lowest BCUT2D eigenvalue weighted by atomic mass is 9.89. The van der Waals surface area contributed by atoms with Crippen LogP contribution in [0.15, 0.2) is 104 Å². The van der Waals surface area contributed by atoms with Crippen LogP contribution in [0.3, 0.4) is 0 Å². The summed E-state index contributed by atoms with van der Waals surface area (Å²) in [4.78, 5) is 71.7. The second-order valence-corrected chi connectivity index (χ2v) is 14.0. The number of ether oxygens (including phenoxy) is 1. The maximum absolute atomic E-state index is 9.55. The Bertz CT molecular complexity index is 2090. The highest BCUT2D eigenvalue weighted by Crippen LogP contribution is 2.39. The molecule has 1 aliphatic carbocycles. The zero-order chi connectivity index (χ0) is 45.8. The third kappa shape index (κ3) is 16.7. The predicted octanol–water partition coefficient (Wildman–Crippen LogP) is 5.12. The number of nitrogen functional groups attached to an aromatic ring is 1. The van der Waals surface area contributed by atoms with Gasteiger partial charge in [-0.1, -0.05) is 30.3 Å². The number of carbonyl (C=O) groups is 6. The van der Waals surface area contributed by atoms with Crippen molar-refractivity contribution >= 4 is 52.7 Å². The highest BCUT2D eigenvalue weighted by Gasteiger charge is 2.30. The lowest BCUT2D eigenvalue weighted by Gasteiger charge is -2.43. The van der Waals surface area contributed by atoms with Crippen LogP contribution in [0.25, 0.3) is 22.2 Å². The van der Waals surface area contributed by atoms with Crippen LogP contribution >= 0.6 is 0 Å². The molecular formula is C43H50N6O13. The molecule has 8 N–H and O–H groups in total. The van der Waals surface area contributed by atoms with Crippen molar-refractivity contribution in [1.82, 2.24) is 24.3 Å². The lowest BCUT2D eigenvalue weighted by molar-refractivity contribution is -0.134. The van der Waals surface area contributed by atoms with E-state index in [-0.39, 0.29) is 0 Å². The molecule has 1 saturated heterocycles. The van der Waals surface area contributed by atoms with Gasteiger partial charge in [0.25, 0.3) is 0 Å². The fourth-order valence-electron chi connectivity index (χ4n) is 6.68. The van der Waals surface area contributed by atoms with E-state index in [2.05, 4.69) is 51.5 Å². The van der Waals surface area contributed by atoms with Gasteiger partial charge in [-0.3, -0.25) is 9.80 Å². The molecule has 19 heteroatoms. The summed E-state index contributed by atoms with van der Waals surface area (Å²) in [6.45, 7) is 9.37.